The van der Waals surface area contributed by atoms with Crippen LogP contribution >= 0.6 is 0 Å². The minimum absolute atomic E-state index is 0.0159. The molecule has 0 aliphatic rings. The molecular formula is C17H34O3. The van der Waals surface area contributed by atoms with Crippen LogP contribution in [0.25, 0.3) is 0 Å². The third-order valence-electron chi connectivity index (χ3n) is 3.70. The molecule has 0 aliphatic carbocycles. The molecule has 0 aromatic rings. The molecule has 0 rings (SSSR count). The van der Waals surface area contributed by atoms with Crippen molar-refractivity contribution in [3.05, 3.63) is 0 Å². The van der Waals surface area contributed by atoms with Gasteiger partial charge < -0.3 is 9.47 Å². The molecule has 0 bridgehead atoms. The summed E-state index contributed by atoms with van der Waals surface area (Å²) in [5.74, 6) is 0. The summed E-state index contributed by atoms with van der Waals surface area (Å²) in [6.45, 7) is 8.47. The van der Waals surface area contributed by atoms with E-state index in [-0.39, 0.29) is 12.2 Å². The van der Waals surface area contributed by atoms with Crippen molar-refractivity contribution in [1.29, 1.82) is 0 Å². The molecule has 0 aromatic carbocycles. The van der Waals surface area contributed by atoms with Crippen molar-refractivity contribution >= 4 is 6.16 Å². The van der Waals surface area contributed by atoms with E-state index in [1.165, 1.54) is 25.7 Å². The smallest absolute Gasteiger partial charge is 0.431 e. The summed E-state index contributed by atoms with van der Waals surface area (Å²) < 4.78 is 10.8. The Balaban J connectivity index is 3.96. The molecule has 0 N–H and O–H groups in total. The summed E-state index contributed by atoms with van der Waals surface area (Å²) >= 11 is 0. The van der Waals surface area contributed by atoms with Crippen molar-refractivity contribution in [2.75, 3.05) is 0 Å². The van der Waals surface area contributed by atoms with E-state index in [0.717, 1.165) is 38.5 Å². The highest BCUT2D eigenvalue weighted by molar-refractivity contribution is 5.60. The highest BCUT2D eigenvalue weighted by Gasteiger charge is 2.17. The van der Waals surface area contributed by atoms with Gasteiger partial charge in [0.1, 0.15) is 12.2 Å². The van der Waals surface area contributed by atoms with Crippen LogP contribution in [0.4, 0.5) is 4.79 Å². The zero-order chi connectivity index (χ0) is 15.2. The molecule has 0 saturated carbocycles. The minimum atomic E-state index is -0.475. The fourth-order valence-electron chi connectivity index (χ4n) is 2.24. The number of carbonyl (C=O) groups excluding carboxylic acids is 1. The summed E-state index contributed by atoms with van der Waals surface area (Å²) in [6.07, 6.45) is 10.2. The van der Waals surface area contributed by atoms with Crippen molar-refractivity contribution in [3.8, 4) is 0 Å². The maximum Gasteiger partial charge on any atom is 0.508 e. The Bertz CT molecular complexity index is 206. The number of unbranched alkanes of at least 4 members (excludes halogenated alkanes) is 4. The van der Waals surface area contributed by atoms with Crippen LogP contribution in [0.15, 0.2) is 0 Å². The molecule has 3 heteroatoms. The molecule has 0 heterocycles. The van der Waals surface area contributed by atoms with E-state index in [0.29, 0.717) is 0 Å². The van der Waals surface area contributed by atoms with Crippen molar-refractivity contribution in [3.63, 3.8) is 0 Å². The minimum Gasteiger partial charge on any atom is -0.431 e. The van der Waals surface area contributed by atoms with Crippen LogP contribution in [0.3, 0.4) is 0 Å². The molecule has 0 aromatic heterocycles. The van der Waals surface area contributed by atoms with Gasteiger partial charge >= 0.3 is 6.16 Å². The van der Waals surface area contributed by atoms with Gasteiger partial charge in [0.25, 0.3) is 0 Å². The topological polar surface area (TPSA) is 35.5 Å². The third-order valence-corrected chi connectivity index (χ3v) is 3.70. The van der Waals surface area contributed by atoms with E-state index in [2.05, 4.69) is 27.7 Å². The quantitative estimate of drug-likeness (QED) is 0.333. The number of hydrogen-bond acceptors (Lipinski definition) is 3. The van der Waals surface area contributed by atoms with E-state index < -0.39 is 6.16 Å². The molecule has 0 fully saturated rings. The Morgan fingerprint density at radius 3 is 1.45 bits per heavy atom. The first-order chi connectivity index (χ1) is 9.67. The van der Waals surface area contributed by atoms with Crippen molar-refractivity contribution in [2.24, 2.45) is 0 Å². The summed E-state index contributed by atoms with van der Waals surface area (Å²) in [4.78, 5) is 11.8. The van der Waals surface area contributed by atoms with Gasteiger partial charge in [-0.1, -0.05) is 53.4 Å². The van der Waals surface area contributed by atoms with Gasteiger partial charge in [0.2, 0.25) is 0 Å². The molecule has 0 saturated heterocycles. The normalized spacial score (nSPS) is 13.8. The maximum atomic E-state index is 11.8. The Morgan fingerprint density at radius 1 is 0.750 bits per heavy atom. The standard InChI is InChI=1S/C17H34O3/c1-5-9-11-13-15(7-3)19-17(18)20-16(8-4)14-12-10-6-2/h15-16H,5-14H2,1-4H3. The molecule has 0 spiro atoms. The molecule has 2 atom stereocenters. The molecule has 0 amide bonds. The van der Waals surface area contributed by atoms with Gasteiger partial charge in [-0.15, -0.1) is 0 Å². The highest BCUT2D eigenvalue weighted by atomic mass is 16.7. The third kappa shape index (κ3) is 10.1. The second-order valence-electron chi connectivity index (χ2n) is 5.54. The fourth-order valence-corrected chi connectivity index (χ4v) is 2.24. The van der Waals surface area contributed by atoms with E-state index in [1.54, 1.807) is 0 Å². The number of hydrogen-bond donors (Lipinski definition) is 0. The predicted molar refractivity (Wildman–Crippen MR) is 84.0 cm³/mol. The average Bonchev–Trinajstić information content (AvgIpc) is 2.45. The SMILES string of the molecule is CCCCCC(CC)OC(=O)OC(CC)CCCCC. The Kier molecular flexibility index (Phi) is 12.8. The Hall–Kier alpha value is -0.730. The molecule has 120 valence electrons. The van der Waals surface area contributed by atoms with Gasteiger partial charge in [-0.05, 0) is 38.5 Å². The highest BCUT2D eigenvalue weighted by Crippen LogP contribution is 2.14. The lowest BCUT2D eigenvalue weighted by molar-refractivity contribution is -0.00861. The number of rotatable bonds is 12. The Morgan fingerprint density at radius 2 is 1.15 bits per heavy atom. The van der Waals surface area contributed by atoms with Crippen LogP contribution in [0, 0.1) is 0 Å². The van der Waals surface area contributed by atoms with E-state index in [1.807, 2.05) is 0 Å². The van der Waals surface area contributed by atoms with Crippen LogP contribution in [0.1, 0.15) is 91.9 Å². The number of carbonyl (C=O) groups is 1. The van der Waals surface area contributed by atoms with Crippen LogP contribution in [0.5, 0.6) is 0 Å². The zero-order valence-electron chi connectivity index (χ0n) is 14.0. The number of ether oxygens (including phenoxy) is 2. The molecule has 20 heavy (non-hydrogen) atoms. The summed E-state index contributed by atoms with van der Waals surface area (Å²) in [5, 5.41) is 0. The molecule has 3 nitrogen and oxygen atoms in total. The van der Waals surface area contributed by atoms with Gasteiger partial charge in [-0.3, -0.25) is 0 Å². The second kappa shape index (κ2) is 13.3. The van der Waals surface area contributed by atoms with E-state index in [4.69, 9.17) is 9.47 Å². The van der Waals surface area contributed by atoms with Gasteiger partial charge in [0, 0.05) is 0 Å². The molecular weight excluding hydrogens is 252 g/mol. The van der Waals surface area contributed by atoms with Gasteiger partial charge in [-0.25, -0.2) is 4.79 Å². The lowest BCUT2D eigenvalue weighted by atomic mass is 10.1. The van der Waals surface area contributed by atoms with E-state index >= 15 is 0 Å². The lowest BCUT2D eigenvalue weighted by Crippen LogP contribution is -2.23. The van der Waals surface area contributed by atoms with Crippen LogP contribution in [-0.4, -0.2) is 18.4 Å². The van der Waals surface area contributed by atoms with Crippen molar-refractivity contribution in [2.45, 2.75) is 104 Å². The molecule has 2 unspecified atom stereocenters. The first-order valence-electron chi connectivity index (χ1n) is 8.55. The first-order valence-corrected chi connectivity index (χ1v) is 8.55. The Labute approximate surface area is 125 Å². The lowest BCUT2D eigenvalue weighted by Gasteiger charge is -2.19. The van der Waals surface area contributed by atoms with Gasteiger partial charge in [-0.2, -0.15) is 0 Å². The van der Waals surface area contributed by atoms with Gasteiger partial charge in [0.15, 0.2) is 0 Å². The van der Waals surface area contributed by atoms with Crippen molar-refractivity contribution < 1.29 is 14.3 Å². The largest absolute Gasteiger partial charge is 0.508 e. The monoisotopic (exact) mass is 286 g/mol. The van der Waals surface area contributed by atoms with Crippen LogP contribution in [-0.2, 0) is 9.47 Å². The van der Waals surface area contributed by atoms with Crippen molar-refractivity contribution in [1.82, 2.24) is 0 Å². The fraction of sp³-hybridized carbons (Fsp3) is 0.941. The molecule has 0 aliphatic heterocycles. The maximum absolute atomic E-state index is 11.8. The van der Waals surface area contributed by atoms with E-state index in [9.17, 15) is 4.79 Å². The van der Waals surface area contributed by atoms with Gasteiger partial charge in [0.05, 0.1) is 0 Å². The summed E-state index contributed by atoms with van der Waals surface area (Å²) in [5.41, 5.74) is 0. The summed E-state index contributed by atoms with van der Waals surface area (Å²) in [7, 11) is 0. The van der Waals surface area contributed by atoms with Crippen LogP contribution in [0.2, 0.25) is 0 Å². The second-order valence-corrected chi connectivity index (χ2v) is 5.54. The summed E-state index contributed by atoms with van der Waals surface area (Å²) in [6, 6.07) is 0. The predicted octanol–water partition coefficient (Wildman–Crippen LogP) is 5.86. The zero-order valence-corrected chi connectivity index (χ0v) is 14.0. The van der Waals surface area contributed by atoms with Crippen LogP contribution < -0.4 is 0 Å². The molecule has 0 radical (unpaired) electrons. The first kappa shape index (κ1) is 19.3. The average molecular weight is 286 g/mol.